The van der Waals surface area contributed by atoms with Crippen LogP contribution in [-0.2, 0) is 6.42 Å². The maximum atomic E-state index is 12.0. The molecule has 0 N–H and O–H groups in total. The average molecular weight is 301 g/mol. The van der Waals surface area contributed by atoms with Gasteiger partial charge in [0.15, 0.2) is 17.3 Å². The molecule has 0 bridgehead atoms. The second kappa shape index (κ2) is 6.02. The van der Waals surface area contributed by atoms with Crippen molar-refractivity contribution in [3.8, 4) is 11.5 Å². The largest absolute Gasteiger partial charge is 0.454 e. The molecule has 0 saturated carbocycles. The van der Waals surface area contributed by atoms with Gasteiger partial charge in [0, 0.05) is 10.6 Å². The van der Waals surface area contributed by atoms with E-state index in [-0.39, 0.29) is 12.6 Å². The predicted octanol–water partition coefficient (Wildman–Crippen LogP) is 4.05. The maximum absolute atomic E-state index is 12.0. The van der Waals surface area contributed by atoms with Crippen LogP contribution in [0.25, 0.3) is 0 Å². The molecule has 0 fully saturated rings. The van der Waals surface area contributed by atoms with E-state index >= 15 is 0 Å². The average Bonchev–Trinajstić information content (AvgIpc) is 2.95. The maximum Gasteiger partial charge on any atom is 0.231 e. The summed E-state index contributed by atoms with van der Waals surface area (Å²) in [5, 5.41) is 0.621. The van der Waals surface area contributed by atoms with E-state index in [2.05, 4.69) is 0 Å². The lowest BCUT2D eigenvalue weighted by Gasteiger charge is -2.00. The lowest BCUT2D eigenvalue weighted by atomic mass is 10.1. The Labute approximate surface area is 127 Å². The number of benzene rings is 2. The van der Waals surface area contributed by atoms with Gasteiger partial charge in [-0.3, -0.25) is 4.79 Å². The minimum atomic E-state index is -0.0348. The van der Waals surface area contributed by atoms with Gasteiger partial charge in [0.1, 0.15) is 0 Å². The van der Waals surface area contributed by atoms with E-state index in [1.165, 1.54) is 0 Å². The number of carbonyl (C=O) groups excluding carboxylic acids is 1. The molecular formula is C17H13ClO3. The topological polar surface area (TPSA) is 35.5 Å². The molecule has 1 aliphatic heterocycles. The van der Waals surface area contributed by atoms with E-state index in [4.69, 9.17) is 21.1 Å². The molecule has 1 heterocycles. The molecule has 0 spiro atoms. The summed E-state index contributed by atoms with van der Waals surface area (Å²) in [7, 11) is 0. The van der Waals surface area contributed by atoms with Crippen molar-refractivity contribution >= 4 is 17.4 Å². The van der Waals surface area contributed by atoms with Gasteiger partial charge in [-0.1, -0.05) is 23.7 Å². The van der Waals surface area contributed by atoms with Gasteiger partial charge < -0.3 is 9.47 Å². The normalized spacial score (nSPS) is 12.8. The summed E-state index contributed by atoms with van der Waals surface area (Å²) >= 11 is 5.80. The fourth-order valence-electron chi connectivity index (χ4n) is 2.08. The van der Waals surface area contributed by atoms with Crippen LogP contribution in [0.2, 0.25) is 5.02 Å². The molecule has 2 aromatic carbocycles. The first kappa shape index (κ1) is 13.7. The SMILES string of the molecule is O=C(/C=C/Cc1ccc2c(c1)OCO2)c1ccc(Cl)cc1. The molecular weight excluding hydrogens is 288 g/mol. The zero-order valence-electron chi connectivity index (χ0n) is 11.2. The predicted molar refractivity (Wildman–Crippen MR) is 81.2 cm³/mol. The zero-order valence-corrected chi connectivity index (χ0v) is 12.0. The van der Waals surface area contributed by atoms with E-state index < -0.39 is 0 Å². The van der Waals surface area contributed by atoms with Crippen LogP contribution in [0.1, 0.15) is 15.9 Å². The Balaban J connectivity index is 1.64. The van der Waals surface area contributed by atoms with E-state index in [1.54, 1.807) is 30.3 Å². The van der Waals surface area contributed by atoms with Crippen molar-refractivity contribution in [2.45, 2.75) is 6.42 Å². The number of carbonyl (C=O) groups is 1. The molecule has 0 saturated heterocycles. The van der Waals surface area contributed by atoms with Crippen molar-refractivity contribution in [3.63, 3.8) is 0 Å². The number of ketones is 1. The molecule has 0 amide bonds. The Morgan fingerprint density at radius 3 is 2.67 bits per heavy atom. The molecule has 3 rings (SSSR count). The van der Waals surface area contributed by atoms with Crippen molar-refractivity contribution in [1.29, 1.82) is 0 Å². The van der Waals surface area contributed by atoms with Crippen molar-refractivity contribution < 1.29 is 14.3 Å². The number of halogens is 1. The molecule has 21 heavy (non-hydrogen) atoms. The van der Waals surface area contributed by atoms with Crippen LogP contribution in [0.15, 0.2) is 54.6 Å². The van der Waals surface area contributed by atoms with Crippen molar-refractivity contribution in [2.24, 2.45) is 0 Å². The van der Waals surface area contributed by atoms with Crippen LogP contribution < -0.4 is 9.47 Å². The summed E-state index contributed by atoms with van der Waals surface area (Å²) in [6, 6.07) is 12.6. The monoisotopic (exact) mass is 300 g/mol. The minimum Gasteiger partial charge on any atom is -0.454 e. The summed E-state index contributed by atoms with van der Waals surface area (Å²) in [6.45, 7) is 0.268. The lowest BCUT2D eigenvalue weighted by Crippen LogP contribution is -1.94. The van der Waals surface area contributed by atoms with E-state index in [9.17, 15) is 4.79 Å². The molecule has 0 aliphatic carbocycles. The van der Waals surface area contributed by atoms with Gasteiger partial charge in [-0.15, -0.1) is 0 Å². The van der Waals surface area contributed by atoms with Gasteiger partial charge in [-0.25, -0.2) is 0 Å². The van der Waals surface area contributed by atoms with Crippen LogP contribution in [-0.4, -0.2) is 12.6 Å². The number of fused-ring (bicyclic) bond motifs is 1. The van der Waals surface area contributed by atoms with Gasteiger partial charge in [0.05, 0.1) is 0 Å². The van der Waals surface area contributed by atoms with Gasteiger partial charge in [-0.2, -0.15) is 0 Å². The Morgan fingerprint density at radius 1 is 1.10 bits per heavy atom. The number of ether oxygens (including phenoxy) is 2. The van der Waals surface area contributed by atoms with Crippen molar-refractivity contribution in [2.75, 3.05) is 6.79 Å². The van der Waals surface area contributed by atoms with E-state index in [0.717, 1.165) is 17.1 Å². The highest BCUT2D eigenvalue weighted by atomic mass is 35.5. The second-order valence-electron chi connectivity index (χ2n) is 4.67. The Morgan fingerprint density at radius 2 is 1.86 bits per heavy atom. The molecule has 4 heteroatoms. The van der Waals surface area contributed by atoms with Crippen LogP contribution in [0.4, 0.5) is 0 Å². The smallest absolute Gasteiger partial charge is 0.231 e. The quantitative estimate of drug-likeness (QED) is 0.631. The summed E-state index contributed by atoms with van der Waals surface area (Å²) in [5.41, 5.74) is 1.70. The molecule has 0 radical (unpaired) electrons. The first-order chi connectivity index (χ1) is 10.2. The fourth-order valence-corrected chi connectivity index (χ4v) is 2.21. The van der Waals surface area contributed by atoms with Crippen molar-refractivity contribution in [3.05, 3.63) is 70.8 Å². The highest BCUT2D eigenvalue weighted by Crippen LogP contribution is 2.32. The summed E-state index contributed by atoms with van der Waals surface area (Å²) in [4.78, 5) is 12.0. The molecule has 0 aromatic heterocycles. The molecule has 3 nitrogen and oxygen atoms in total. The van der Waals surface area contributed by atoms with Crippen molar-refractivity contribution in [1.82, 2.24) is 0 Å². The third kappa shape index (κ3) is 3.26. The number of rotatable bonds is 4. The molecule has 106 valence electrons. The Bertz CT molecular complexity index is 690. The number of hydrogen-bond donors (Lipinski definition) is 0. The van der Waals surface area contributed by atoms with Gasteiger partial charge in [0.2, 0.25) is 6.79 Å². The first-order valence-electron chi connectivity index (χ1n) is 6.57. The van der Waals surface area contributed by atoms with Gasteiger partial charge >= 0.3 is 0 Å². The second-order valence-corrected chi connectivity index (χ2v) is 5.10. The van der Waals surface area contributed by atoms with E-state index in [1.807, 2.05) is 24.3 Å². The molecule has 1 aliphatic rings. The number of hydrogen-bond acceptors (Lipinski definition) is 3. The number of allylic oxidation sites excluding steroid dienone is 2. The Kier molecular flexibility index (Phi) is 3.93. The van der Waals surface area contributed by atoms with Crippen LogP contribution >= 0.6 is 11.6 Å². The third-order valence-electron chi connectivity index (χ3n) is 3.19. The van der Waals surface area contributed by atoms with Gasteiger partial charge in [-0.05, 0) is 54.5 Å². The zero-order chi connectivity index (χ0) is 14.7. The minimum absolute atomic E-state index is 0.0348. The summed E-state index contributed by atoms with van der Waals surface area (Å²) < 4.78 is 10.6. The lowest BCUT2D eigenvalue weighted by molar-refractivity contribution is 0.104. The third-order valence-corrected chi connectivity index (χ3v) is 3.44. The van der Waals surface area contributed by atoms with Crippen LogP contribution in [0.3, 0.4) is 0 Å². The first-order valence-corrected chi connectivity index (χ1v) is 6.95. The Hall–Kier alpha value is -2.26. The summed E-state index contributed by atoms with van der Waals surface area (Å²) in [6.07, 6.45) is 4.08. The highest BCUT2D eigenvalue weighted by molar-refractivity contribution is 6.30. The van der Waals surface area contributed by atoms with Gasteiger partial charge in [0.25, 0.3) is 0 Å². The highest BCUT2D eigenvalue weighted by Gasteiger charge is 2.12. The standard InChI is InChI=1S/C17H13ClO3/c18-14-7-5-13(6-8-14)15(19)3-1-2-12-4-9-16-17(10-12)21-11-20-16/h1,3-10H,2,11H2/b3-1+. The van der Waals surface area contributed by atoms with E-state index in [0.29, 0.717) is 17.0 Å². The van der Waals surface area contributed by atoms with Crippen LogP contribution in [0, 0.1) is 0 Å². The van der Waals surface area contributed by atoms with Crippen LogP contribution in [0.5, 0.6) is 11.5 Å². The molecule has 0 atom stereocenters. The molecule has 0 unspecified atom stereocenters. The summed E-state index contributed by atoms with van der Waals surface area (Å²) in [5.74, 6) is 1.48. The molecule has 2 aromatic rings. The fraction of sp³-hybridized carbons (Fsp3) is 0.118.